The monoisotopic (exact) mass is 226 g/mol. The Bertz CT molecular complexity index is 440. The quantitative estimate of drug-likeness (QED) is 0.792. The number of esters is 1. The molecule has 0 aromatic heterocycles. The second-order valence-electron chi connectivity index (χ2n) is 3.34. The Morgan fingerprint density at radius 2 is 2.06 bits per heavy atom. The number of ether oxygens (including phenoxy) is 1. The first kappa shape index (κ1) is 12.2. The molecule has 0 heterocycles. The van der Waals surface area contributed by atoms with Gasteiger partial charge in [-0.05, 0) is 24.6 Å². The van der Waals surface area contributed by atoms with Crippen LogP contribution in [0.3, 0.4) is 0 Å². The smallest absolute Gasteiger partial charge is 0.341 e. The van der Waals surface area contributed by atoms with E-state index >= 15 is 0 Å². The summed E-state index contributed by atoms with van der Waals surface area (Å²) in [5, 5.41) is 9.30. The first-order valence-electron chi connectivity index (χ1n) is 4.55. The van der Waals surface area contributed by atoms with E-state index in [1.807, 2.05) is 0 Å². The molecular formula is C11H11FO4. The van der Waals surface area contributed by atoms with Crippen LogP contribution in [-0.2, 0) is 16.0 Å². The Labute approximate surface area is 91.7 Å². The predicted molar refractivity (Wildman–Crippen MR) is 53.8 cm³/mol. The molecule has 1 aromatic rings. The maximum Gasteiger partial charge on any atom is 0.341 e. The van der Waals surface area contributed by atoms with Gasteiger partial charge in [-0.1, -0.05) is 0 Å². The topological polar surface area (TPSA) is 63.6 Å². The Balaban J connectivity index is 3.21. The van der Waals surface area contributed by atoms with E-state index in [0.29, 0.717) is 5.56 Å². The third-order valence-electron chi connectivity index (χ3n) is 1.98. The maximum absolute atomic E-state index is 13.2. The predicted octanol–water partition coefficient (Wildman–Crippen LogP) is 1.45. The number of rotatable bonds is 3. The molecule has 16 heavy (non-hydrogen) atoms. The number of aromatic hydroxyl groups is 1. The average molecular weight is 226 g/mol. The number of phenolic OH excluding ortho intramolecular Hbond substituents is 1. The van der Waals surface area contributed by atoms with Crippen molar-refractivity contribution >= 4 is 11.8 Å². The molecule has 0 aliphatic heterocycles. The third kappa shape index (κ3) is 2.56. The number of ketones is 1. The van der Waals surface area contributed by atoms with Crippen molar-refractivity contribution in [3.8, 4) is 5.75 Å². The molecule has 0 atom stereocenters. The first-order valence-corrected chi connectivity index (χ1v) is 4.55. The van der Waals surface area contributed by atoms with Crippen LogP contribution in [0, 0.1) is 5.82 Å². The highest BCUT2D eigenvalue weighted by Crippen LogP contribution is 2.24. The van der Waals surface area contributed by atoms with E-state index < -0.39 is 17.5 Å². The zero-order valence-electron chi connectivity index (χ0n) is 8.91. The van der Waals surface area contributed by atoms with Crippen molar-refractivity contribution in [2.45, 2.75) is 13.3 Å². The molecule has 0 amide bonds. The van der Waals surface area contributed by atoms with Crippen molar-refractivity contribution in [2.24, 2.45) is 0 Å². The van der Waals surface area contributed by atoms with Crippen molar-refractivity contribution in [3.05, 3.63) is 29.1 Å². The normalized spacial score (nSPS) is 9.94. The fraction of sp³-hybridized carbons (Fsp3) is 0.273. The van der Waals surface area contributed by atoms with E-state index in [9.17, 15) is 19.1 Å². The maximum atomic E-state index is 13.2. The van der Waals surface area contributed by atoms with Crippen molar-refractivity contribution in [2.75, 3.05) is 7.11 Å². The van der Waals surface area contributed by atoms with E-state index in [1.165, 1.54) is 13.0 Å². The fourth-order valence-electron chi connectivity index (χ4n) is 1.31. The molecule has 0 unspecified atom stereocenters. The van der Waals surface area contributed by atoms with Crippen LogP contribution >= 0.6 is 0 Å². The number of benzene rings is 1. The molecule has 0 aliphatic rings. The summed E-state index contributed by atoms with van der Waals surface area (Å²) in [5.74, 6) is -2.72. The van der Waals surface area contributed by atoms with Crippen LogP contribution in [0.1, 0.15) is 22.8 Å². The molecule has 0 fully saturated rings. The number of carbonyl (C=O) groups is 2. The molecule has 0 spiro atoms. The Kier molecular flexibility index (Phi) is 3.60. The second-order valence-corrected chi connectivity index (χ2v) is 3.34. The lowest BCUT2D eigenvalue weighted by molar-refractivity contribution is -0.116. The number of halogens is 1. The molecule has 4 nitrogen and oxygen atoms in total. The van der Waals surface area contributed by atoms with E-state index in [2.05, 4.69) is 4.74 Å². The SMILES string of the molecule is COC(=O)c1cc(CC(C)=O)cc(F)c1O. The van der Waals surface area contributed by atoms with Gasteiger partial charge in [0.1, 0.15) is 11.3 Å². The molecular weight excluding hydrogens is 215 g/mol. The lowest BCUT2D eigenvalue weighted by atomic mass is 10.0. The molecule has 0 saturated carbocycles. The summed E-state index contributed by atoms with van der Waals surface area (Å²) < 4.78 is 17.6. The van der Waals surface area contributed by atoms with Crippen LogP contribution in [0.4, 0.5) is 4.39 Å². The number of Topliss-reactive ketones (excluding diaryl/α,β-unsaturated/α-hetero) is 1. The highest BCUT2D eigenvalue weighted by atomic mass is 19.1. The Hall–Kier alpha value is -1.91. The number of carbonyl (C=O) groups excluding carboxylic acids is 2. The molecule has 0 aliphatic carbocycles. The summed E-state index contributed by atoms with van der Waals surface area (Å²) in [6.07, 6.45) is 0.00118. The molecule has 86 valence electrons. The van der Waals surface area contributed by atoms with Crippen molar-refractivity contribution in [1.29, 1.82) is 0 Å². The van der Waals surface area contributed by atoms with Gasteiger partial charge in [0.25, 0.3) is 0 Å². The number of methoxy groups -OCH3 is 1. The summed E-state index contributed by atoms with van der Waals surface area (Å²) in [5.41, 5.74) is 0.0435. The summed E-state index contributed by atoms with van der Waals surface area (Å²) in [7, 11) is 1.12. The van der Waals surface area contributed by atoms with Gasteiger partial charge >= 0.3 is 5.97 Å². The number of phenols is 1. The van der Waals surface area contributed by atoms with Gasteiger partial charge in [-0.3, -0.25) is 4.79 Å². The van der Waals surface area contributed by atoms with E-state index in [0.717, 1.165) is 13.2 Å². The fourth-order valence-corrected chi connectivity index (χ4v) is 1.31. The number of hydrogen-bond donors (Lipinski definition) is 1. The van der Waals surface area contributed by atoms with Gasteiger partial charge in [0, 0.05) is 6.42 Å². The lowest BCUT2D eigenvalue weighted by Gasteiger charge is -2.06. The Morgan fingerprint density at radius 1 is 1.44 bits per heavy atom. The van der Waals surface area contributed by atoms with Gasteiger partial charge in [-0.15, -0.1) is 0 Å². The summed E-state index contributed by atoms with van der Waals surface area (Å²) >= 11 is 0. The first-order chi connectivity index (χ1) is 7.45. The minimum atomic E-state index is -0.945. The molecule has 5 heteroatoms. The van der Waals surface area contributed by atoms with Crippen LogP contribution in [0.25, 0.3) is 0 Å². The van der Waals surface area contributed by atoms with E-state index in [4.69, 9.17) is 0 Å². The molecule has 0 radical (unpaired) electrons. The summed E-state index contributed by atoms with van der Waals surface area (Å²) in [6, 6.07) is 2.26. The van der Waals surface area contributed by atoms with Gasteiger partial charge in [0.05, 0.1) is 7.11 Å². The molecule has 1 N–H and O–H groups in total. The standard InChI is InChI=1S/C11H11FO4/c1-6(13)3-7-4-8(11(15)16-2)10(14)9(12)5-7/h4-5,14H,3H2,1-2H3. The van der Waals surface area contributed by atoms with Crippen LogP contribution in [-0.4, -0.2) is 24.0 Å². The number of hydrogen-bond acceptors (Lipinski definition) is 4. The van der Waals surface area contributed by atoms with Gasteiger partial charge in [0.15, 0.2) is 11.6 Å². The second kappa shape index (κ2) is 4.74. The van der Waals surface area contributed by atoms with Crippen LogP contribution < -0.4 is 0 Å². The van der Waals surface area contributed by atoms with Crippen LogP contribution in [0.15, 0.2) is 12.1 Å². The van der Waals surface area contributed by atoms with Gasteiger partial charge in [-0.2, -0.15) is 0 Å². The van der Waals surface area contributed by atoms with Crippen LogP contribution in [0.5, 0.6) is 5.75 Å². The largest absolute Gasteiger partial charge is 0.504 e. The van der Waals surface area contributed by atoms with Crippen molar-refractivity contribution in [3.63, 3.8) is 0 Å². The summed E-state index contributed by atoms with van der Waals surface area (Å²) in [4.78, 5) is 22.0. The molecule has 1 rings (SSSR count). The van der Waals surface area contributed by atoms with E-state index in [1.54, 1.807) is 0 Å². The lowest BCUT2D eigenvalue weighted by Crippen LogP contribution is -2.05. The summed E-state index contributed by atoms with van der Waals surface area (Å²) in [6.45, 7) is 1.35. The van der Waals surface area contributed by atoms with Crippen LogP contribution in [0.2, 0.25) is 0 Å². The zero-order valence-corrected chi connectivity index (χ0v) is 8.91. The molecule has 0 saturated heterocycles. The highest BCUT2D eigenvalue weighted by Gasteiger charge is 2.17. The molecule has 0 bridgehead atoms. The van der Waals surface area contributed by atoms with Gasteiger partial charge in [-0.25, -0.2) is 9.18 Å². The Morgan fingerprint density at radius 3 is 2.56 bits per heavy atom. The van der Waals surface area contributed by atoms with E-state index in [-0.39, 0.29) is 17.8 Å². The minimum Gasteiger partial charge on any atom is -0.504 e. The highest BCUT2D eigenvalue weighted by molar-refractivity contribution is 5.93. The zero-order chi connectivity index (χ0) is 12.3. The third-order valence-corrected chi connectivity index (χ3v) is 1.98. The van der Waals surface area contributed by atoms with Gasteiger partial charge in [0.2, 0.25) is 0 Å². The average Bonchev–Trinajstić information content (AvgIpc) is 2.21. The van der Waals surface area contributed by atoms with Gasteiger partial charge < -0.3 is 9.84 Å². The van der Waals surface area contributed by atoms with Crippen molar-refractivity contribution in [1.82, 2.24) is 0 Å². The minimum absolute atomic E-state index is 0.00118. The van der Waals surface area contributed by atoms with Crippen molar-refractivity contribution < 1.29 is 23.8 Å². The molecule has 1 aromatic carbocycles.